The van der Waals surface area contributed by atoms with Gasteiger partial charge >= 0.3 is 0 Å². The van der Waals surface area contributed by atoms with Crippen LogP contribution in [-0.2, 0) is 6.42 Å². The number of nitrogens with one attached hydrogen (secondary N) is 1. The third-order valence-electron chi connectivity index (χ3n) is 4.00. The average molecular weight is 262 g/mol. The molecule has 0 unspecified atom stereocenters. The molecule has 4 nitrogen and oxygen atoms in total. The SMILES string of the molecule is CCCC1(CNCCc2ccccc2[N+](=O)[O-])CC1. The van der Waals surface area contributed by atoms with Crippen LogP contribution in [0.4, 0.5) is 5.69 Å². The molecule has 0 amide bonds. The van der Waals surface area contributed by atoms with Gasteiger partial charge in [-0.3, -0.25) is 10.1 Å². The summed E-state index contributed by atoms with van der Waals surface area (Å²) in [4.78, 5) is 10.6. The molecule has 0 spiro atoms. The maximum atomic E-state index is 10.9. The molecule has 0 aliphatic heterocycles. The first kappa shape index (κ1) is 14.0. The van der Waals surface area contributed by atoms with Crippen molar-refractivity contribution in [1.29, 1.82) is 0 Å². The van der Waals surface area contributed by atoms with Gasteiger partial charge < -0.3 is 5.32 Å². The Balaban J connectivity index is 1.78. The van der Waals surface area contributed by atoms with Crippen LogP contribution in [0, 0.1) is 15.5 Å². The van der Waals surface area contributed by atoms with Gasteiger partial charge in [-0.05, 0) is 37.6 Å². The van der Waals surface area contributed by atoms with Crippen LogP contribution in [0.2, 0.25) is 0 Å². The van der Waals surface area contributed by atoms with Crippen LogP contribution in [0.5, 0.6) is 0 Å². The van der Waals surface area contributed by atoms with Crippen LogP contribution in [0.15, 0.2) is 24.3 Å². The van der Waals surface area contributed by atoms with Crippen molar-refractivity contribution in [3.05, 3.63) is 39.9 Å². The topological polar surface area (TPSA) is 55.2 Å². The van der Waals surface area contributed by atoms with Crippen LogP contribution in [0.1, 0.15) is 38.2 Å². The maximum Gasteiger partial charge on any atom is 0.272 e. The third kappa shape index (κ3) is 3.77. The quantitative estimate of drug-likeness (QED) is 0.444. The monoisotopic (exact) mass is 262 g/mol. The minimum absolute atomic E-state index is 0.235. The van der Waals surface area contributed by atoms with Crippen molar-refractivity contribution in [1.82, 2.24) is 5.32 Å². The van der Waals surface area contributed by atoms with E-state index < -0.39 is 0 Å². The van der Waals surface area contributed by atoms with E-state index >= 15 is 0 Å². The van der Waals surface area contributed by atoms with Gasteiger partial charge in [0.15, 0.2) is 0 Å². The predicted octanol–water partition coefficient (Wildman–Crippen LogP) is 3.31. The van der Waals surface area contributed by atoms with Crippen molar-refractivity contribution in [2.75, 3.05) is 13.1 Å². The van der Waals surface area contributed by atoms with Gasteiger partial charge in [-0.25, -0.2) is 0 Å². The molecular formula is C15H22N2O2. The molecule has 0 bridgehead atoms. The van der Waals surface area contributed by atoms with E-state index in [1.807, 2.05) is 12.1 Å². The molecule has 4 heteroatoms. The van der Waals surface area contributed by atoms with Crippen molar-refractivity contribution in [3.8, 4) is 0 Å². The van der Waals surface area contributed by atoms with Crippen molar-refractivity contribution in [2.24, 2.45) is 5.41 Å². The molecule has 0 saturated heterocycles. The van der Waals surface area contributed by atoms with E-state index in [1.54, 1.807) is 12.1 Å². The summed E-state index contributed by atoms with van der Waals surface area (Å²) in [5.74, 6) is 0. The summed E-state index contributed by atoms with van der Waals surface area (Å²) in [7, 11) is 0. The molecule has 1 aliphatic carbocycles. The van der Waals surface area contributed by atoms with E-state index in [1.165, 1.54) is 25.7 Å². The Morgan fingerprint density at radius 2 is 2.11 bits per heavy atom. The molecule has 1 saturated carbocycles. The lowest BCUT2D eigenvalue weighted by atomic mass is 10.0. The van der Waals surface area contributed by atoms with Crippen LogP contribution >= 0.6 is 0 Å². The molecular weight excluding hydrogens is 240 g/mol. The summed E-state index contributed by atoms with van der Waals surface area (Å²) in [6.45, 7) is 4.10. The molecule has 0 atom stereocenters. The molecule has 0 aromatic heterocycles. The Hall–Kier alpha value is -1.42. The first-order valence-corrected chi connectivity index (χ1v) is 7.10. The van der Waals surface area contributed by atoms with Gasteiger partial charge in [-0.15, -0.1) is 0 Å². The molecule has 0 heterocycles. The van der Waals surface area contributed by atoms with Gasteiger partial charge in [-0.1, -0.05) is 31.5 Å². The number of benzene rings is 1. The molecule has 19 heavy (non-hydrogen) atoms. The standard InChI is InChI=1S/C15H22N2O2/c1-2-8-15(9-10-15)12-16-11-7-13-5-3-4-6-14(13)17(18)19/h3-6,16H,2,7-12H2,1H3. The summed E-state index contributed by atoms with van der Waals surface area (Å²) in [5.41, 5.74) is 1.59. The first-order valence-electron chi connectivity index (χ1n) is 7.10. The van der Waals surface area contributed by atoms with Crippen molar-refractivity contribution >= 4 is 5.69 Å². The third-order valence-corrected chi connectivity index (χ3v) is 4.00. The number of nitrogens with zero attached hydrogens (tertiary/aromatic N) is 1. The van der Waals surface area contributed by atoms with Crippen LogP contribution in [0.3, 0.4) is 0 Å². The first-order chi connectivity index (χ1) is 9.17. The predicted molar refractivity (Wildman–Crippen MR) is 76.2 cm³/mol. The molecule has 1 aliphatic rings. The fourth-order valence-corrected chi connectivity index (χ4v) is 2.70. The number of nitro benzene ring substituents is 1. The number of rotatable bonds is 8. The summed E-state index contributed by atoms with van der Waals surface area (Å²) in [6, 6.07) is 7.00. The van der Waals surface area contributed by atoms with E-state index in [2.05, 4.69) is 12.2 Å². The molecule has 0 radical (unpaired) electrons. The second-order valence-corrected chi connectivity index (χ2v) is 5.56. The molecule has 1 N–H and O–H groups in total. The fourth-order valence-electron chi connectivity index (χ4n) is 2.70. The number of hydrogen-bond donors (Lipinski definition) is 1. The fraction of sp³-hybridized carbons (Fsp3) is 0.600. The lowest BCUT2D eigenvalue weighted by Crippen LogP contribution is -2.26. The number of para-hydroxylation sites is 1. The van der Waals surface area contributed by atoms with Gasteiger partial charge in [0, 0.05) is 18.2 Å². The zero-order chi connectivity index (χ0) is 13.7. The molecule has 1 fully saturated rings. The Morgan fingerprint density at radius 1 is 1.37 bits per heavy atom. The molecule has 2 rings (SSSR count). The van der Waals surface area contributed by atoms with Crippen LogP contribution < -0.4 is 5.32 Å². The van der Waals surface area contributed by atoms with E-state index in [4.69, 9.17) is 0 Å². The Morgan fingerprint density at radius 3 is 2.74 bits per heavy atom. The summed E-state index contributed by atoms with van der Waals surface area (Å²) in [6.07, 6.45) is 5.93. The normalized spacial score (nSPS) is 16.3. The van der Waals surface area contributed by atoms with Crippen molar-refractivity contribution in [3.63, 3.8) is 0 Å². The van der Waals surface area contributed by atoms with E-state index in [0.29, 0.717) is 5.41 Å². The van der Waals surface area contributed by atoms with E-state index in [-0.39, 0.29) is 10.6 Å². The zero-order valence-electron chi connectivity index (χ0n) is 11.5. The lowest BCUT2D eigenvalue weighted by molar-refractivity contribution is -0.385. The molecule has 104 valence electrons. The van der Waals surface area contributed by atoms with Crippen molar-refractivity contribution in [2.45, 2.75) is 39.0 Å². The Kier molecular flexibility index (Phi) is 4.53. The van der Waals surface area contributed by atoms with Gasteiger partial charge in [0.1, 0.15) is 0 Å². The highest BCUT2D eigenvalue weighted by Gasteiger charge is 2.40. The minimum atomic E-state index is -0.297. The van der Waals surface area contributed by atoms with Crippen LogP contribution in [-0.4, -0.2) is 18.0 Å². The van der Waals surface area contributed by atoms with E-state index in [9.17, 15) is 10.1 Å². The van der Waals surface area contributed by atoms with Crippen LogP contribution in [0.25, 0.3) is 0 Å². The van der Waals surface area contributed by atoms with Gasteiger partial charge in [-0.2, -0.15) is 0 Å². The maximum absolute atomic E-state index is 10.9. The highest BCUT2D eigenvalue weighted by Crippen LogP contribution is 2.48. The van der Waals surface area contributed by atoms with E-state index in [0.717, 1.165) is 25.1 Å². The summed E-state index contributed by atoms with van der Waals surface area (Å²) in [5, 5.41) is 14.4. The average Bonchev–Trinajstić information content (AvgIpc) is 3.16. The largest absolute Gasteiger partial charge is 0.316 e. The minimum Gasteiger partial charge on any atom is -0.316 e. The molecule has 1 aromatic rings. The lowest BCUT2D eigenvalue weighted by Gasteiger charge is -2.14. The number of hydrogen-bond acceptors (Lipinski definition) is 3. The smallest absolute Gasteiger partial charge is 0.272 e. The summed E-state index contributed by atoms with van der Waals surface area (Å²) >= 11 is 0. The summed E-state index contributed by atoms with van der Waals surface area (Å²) < 4.78 is 0. The van der Waals surface area contributed by atoms with Gasteiger partial charge in [0.05, 0.1) is 4.92 Å². The highest BCUT2D eigenvalue weighted by molar-refractivity contribution is 5.39. The van der Waals surface area contributed by atoms with Gasteiger partial charge in [0.2, 0.25) is 0 Å². The Labute approximate surface area is 114 Å². The number of nitro groups is 1. The Bertz CT molecular complexity index is 442. The second kappa shape index (κ2) is 6.15. The highest BCUT2D eigenvalue weighted by atomic mass is 16.6. The zero-order valence-corrected chi connectivity index (χ0v) is 11.5. The molecule has 1 aromatic carbocycles. The van der Waals surface area contributed by atoms with Crippen molar-refractivity contribution < 1.29 is 4.92 Å². The van der Waals surface area contributed by atoms with Gasteiger partial charge in [0.25, 0.3) is 5.69 Å². The second-order valence-electron chi connectivity index (χ2n) is 5.56.